The Hall–Kier alpha value is 0.930. The number of rotatable bonds is 4. The molecule has 0 aliphatic heterocycles. The fourth-order valence-corrected chi connectivity index (χ4v) is 1.33. The number of halogens is 2. The van der Waals surface area contributed by atoms with Crippen molar-refractivity contribution in [2.24, 2.45) is 5.73 Å². The summed E-state index contributed by atoms with van der Waals surface area (Å²) in [7, 11) is 0. The summed E-state index contributed by atoms with van der Waals surface area (Å²) in [5, 5.41) is 6.91. The predicted molar refractivity (Wildman–Crippen MR) is 57.6 cm³/mol. The van der Waals surface area contributed by atoms with Gasteiger partial charge in [-0.15, -0.1) is 0 Å². The lowest BCUT2D eigenvalue weighted by Gasteiger charge is -1.98. The molecule has 0 aromatic carbocycles. The first-order valence-corrected chi connectivity index (χ1v) is 5.23. The summed E-state index contributed by atoms with van der Waals surface area (Å²) in [4.78, 5) is 0. The lowest BCUT2D eigenvalue weighted by molar-refractivity contribution is 0.836. The van der Waals surface area contributed by atoms with Crippen LogP contribution >= 0.6 is 45.2 Å². The normalized spacial score (nSPS) is 10.1. The highest BCUT2D eigenvalue weighted by Crippen LogP contribution is 2.16. The van der Waals surface area contributed by atoms with Gasteiger partial charge < -0.3 is 5.73 Å². The second kappa shape index (κ2) is 5.70. The number of amidine groups is 1. The van der Waals surface area contributed by atoms with Crippen LogP contribution in [0, 0.1) is 5.41 Å². The third kappa shape index (κ3) is 8.93. The summed E-state index contributed by atoms with van der Waals surface area (Å²) in [6.07, 6.45) is 2.95. The van der Waals surface area contributed by atoms with Crippen molar-refractivity contribution in [2.45, 2.75) is 21.2 Å². The van der Waals surface area contributed by atoms with Gasteiger partial charge in [0, 0.05) is 6.42 Å². The molecule has 0 fully saturated rings. The zero-order chi connectivity index (χ0) is 7.28. The van der Waals surface area contributed by atoms with Crippen LogP contribution in [0.3, 0.4) is 0 Å². The van der Waals surface area contributed by atoms with Crippen molar-refractivity contribution in [1.82, 2.24) is 0 Å². The molecule has 2 nitrogen and oxygen atoms in total. The van der Waals surface area contributed by atoms with Crippen LogP contribution in [0.25, 0.3) is 0 Å². The van der Waals surface area contributed by atoms with Crippen LogP contribution in [-0.4, -0.2) is 7.77 Å². The van der Waals surface area contributed by atoms with Gasteiger partial charge in [-0.3, -0.25) is 5.41 Å². The second-order valence-corrected chi connectivity index (χ2v) is 7.20. The maximum Gasteiger partial charge on any atom is 0.0905 e. The van der Waals surface area contributed by atoms with E-state index in [4.69, 9.17) is 11.1 Å². The molecule has 0 heterocycles. The minimum absolute atomic E-state index is 0.309. The molecule has 0 saturated heterocycles. The van der Waals surface area contributed by atoms with Gasteiger partial charge in [0.2, 0.25) is 0 Å². The molecule has 0 unspecified atom stereocenters. The van der Waals surface area contributed by atoms with Gasteiger partial charge in [0.25, 0.3) is 0 Å². The molecule has 0 saturated carbocycles. The van der Waals surface area contributed by atoms with Gasteiger partial charge in [0.15, 0.2) is 0 Å². The highest BCUT2D eigenvalue weighted by molar-refractivity contribution is 14.2. The molecule has 0 bridgehead atoms. The minimum Gasteiger partial charge on any atom is -0.388 e. The molecule has 4 heteroatoms. The zero-order valence-corrected chi connectivity index (χ0v) is 9.35. The van der Waals surface area contributed by atoms with Crippen molar-refractivity contribution in [3.05, 3.63) is 0 Å². The lowest BCUT2D eigenvalue weighted by Crippen LogP contribution is -2.08. The summed E-state index contributed by atoms with van der Waals surface area (Å²) in [6, 6.07) is 0. The fourth-order valence-electron chi connectivity index (χ4n) is 0.447. The first-order chi connectivity index (χ1) is 4.13. The molecule has 0 rings (SSSR count). The Morgan fingerprint density at radius 3 is 2.44 bits per heavy atom. The van der Waals surface area contributed by atoms with Crippen LogP contribution in [0.4, 0.5) is 0 Å². The van der Waals surface area contributed by atoms with E-state index >= 15 is 0 Å². The van der Waals surface area contributed by atoms with Gasteiger partial charge in [-0.1, -0.05) is 45.2 Å². The van der Waals surface area contributed by atoms with Crippen molar-refractivity contribution < 1.29 is 0 Å². The Morgan fingerprint density at radius 1 is 1.56 bits per heavy atom. The monoisotopic (exact) mass is 352 g/mol. The Bertz CT molecular complexity index is 93.0. The molecular weight excluding hydrogens is 342 g/mol. The summed E-state index contributed by atoms with van der Waals surface area (Å²) in [6.45, 7) is 0. The highest BCUT2D eigenvalue weighted by Gasteiger charge is 1.96. The van der Waals surface area contributed by atoms with E-state index in [0.717, 1.165) is 19.3 Å². The summed E-state index contributed by atoms with van der Waals surface area (Å²) in [5.74, 6) is 0.309. The molecule has 3 N–H and O–H groups in total. The molecule has 0 aromatic heterocycles. The van der Waals surface area contributed by atoms with Gasteiger partial charge in [-0.05, 0) is 12.8 Å². The third-order valence-electron chi connectivity index (χ3n) is 0.868. The van der Waals surface area contributed by atoms with Crippen molar-refractivity contribution in [1.29, 1.82) is 5.41 Å². The summed E-state index contributed by atoms with van der Waals surface area (Å²) in [5.41, 5.74) is 5.16. The van der Waals surface area contributed by atoms with E-state index in [0.29, 0.717) is 7.77 Å². The summed E-state index contributed by atoms with van der Waals surface area (Å²) < 4.78 is 0.680. The average Bonchev–Trinajstić information content (AvgIpc) is 1.63. The number of alkyl halides is 2. The maximum absolute atomic E-state index is 6.91. The van der Waals surface area contributed by atoms with Crippen LogP contribution in [0.5, 0.6) is 0 Å². The van der Waals surface area contributed by atoms with Crippen molar-refractivity contribution in [2.75, 3.05) is 0 Å². The predicted octanol–water partition coefficient (Wildman–Crippen LogP) is 2.29. The molecule has 0 aliphatic rings. The number of hydrogen-bond donors (Lipinski definition) is 2. The second-order valence-electron chi connectivity index (χ2n) is 1.81. The standard InChI is InChI=1S/C5H10I2N2/c6-4(7)2-1-3-5(8)9/h4H,1-3H2,(H3,8,9). The number of nitrogens with one attached hydrogen (secondary N) is 1. The van der Waals surface area contributed by atoms with Crippen molar-refractivity contribution in [3.8, 4) is 0 Å². The van der Waals surface area contributed by atoms with Crippen LogP contribution in [0.1, 0.15) is 19.3 Å². The van der Waals surface area contributed by atoms with E-state index < -0.39 is 0 Å². The zero-order valence-electron chi connectivity index (χ0n) is 5.03. The lowest BCUT2D eigenvalue weighted by atomic mass is 10.2. The van der Waals surface area contributed by atoms with Gasteiger partial charge in [0.05, 0.1) is 7.77 Å². The van der Waals surface area contributed by atoms with Crippen LogP contribution in [0.2, 0.25) is 0 Å². The van der Waals surface area contributed by atoms with Crippen LogP contribution in [-0.2, 0) is 0 Å². The Morgan fingerprint density at radius 2 is 2.11 bits per heavy atom. The van der Waals surface area contributed by atoms with E-state index in [1.165, 1.54) is 0 Å². The molecule has 0 amide bonds. The Balaban J connectivity index is 3.01. The fraction of sp³-hybridized carbons (Fsp3) is 0.800. The van der Waals surface area contributed by atoms with Crippen LogP contribution < -0.4 is 5.73 Å². The molecule has 0 aliphatic carbocycles. The SMILES string of the molecule is N=C(N)CCCC(I)I. The highest BCUT2D eigenvalue weighted by atomic mass is 127. The third-order valence-corrected chi connectivity index (χ3v) is 2.11. The van der Waals surface area contributed by atoms with Gasteiger partial charge in [-0.2, -0.15) is 0 Å². The Kier molecular flexibility index (Phi) is 6.28. The minimum atomic E-state index is 0.309. The average molecular weight is 352 g/mol. The molecule has 0 atom stereocenters. The van der Waals surface area contributed by atoms with Crippen LogP contribution in [0.15, 0.2) is 0 Å². The quantitative estimate of drug-likeness (QED) is 0.347. The molecule has 0 spiro atoms. The van der Waals surface area contributed by atoms with E-state index in [1.54, 1.807) is 0 Å². The molecule has 54 valence electrons. The summed E-state index contributed by atoms with van der Waals surface area (Å²) >= 11 is 4.73. The first-order valence-electron chi connectivity index (χ1n) is 2.74. The van der Waals surface area contributed by atoms with E-state index in [1.807, 2.05) is 0 Å². The van der Waals surface area contributed by atoms with Gasteiger partial charge >= 0.3 is 0 Å². The van der Waals surface area contributed by atoms with E-state index in [-0.39, 0.29) is 0 Å². The molecular formula is C5H10I2N2. The smallest absolute Gasteiger partial charge is 0.0905 e. The molecule has 0 radical (unpaired) electrons. The van der Waals surface area contributed by atoms with Gasteiger partial charge in [0.1, 0.15) is 0 Å². The molecule has 9 heavy (non-hydrogen) atoms. The van der Waals surface area contributed by atoms with E-state index in [2.05, 4.69) is 45.2 Å². The van der Waals surface area contributed by atoms with Crippen molar-refractivity contribution in [3.63, 3.8) is 0 Å². The number of nitrogens with two attached hydrogens (primary N) is 1. The number of hydrogen-bond acceptors (Lipinski definition) is 1. The largest absolute Gasteiger partial charge is 0.388 e. The maximum atomic E-state index is 6.91. The first kappa shape index (κ1) is 9.93. The van der Waals surface area contributed by atoms with E-state index in [9.17, 15) is 0 Å². The molecule has 0 aromatic rings. The topological polar surface area (TPSA) is 49.9 Å². The van der Waals surface area contributed by atoms with Crippen molar-refractivity contribution >= 4 is 51.0 Å². The Labute approximate surface area is 82.7 Å². The van der Waals surface area contributed by atoms with Gasteiger partial charge in [-0.25, -0.2) is 0 Å².